The predicted octanol–water partition coefficient (Wildman–Crippen LogP) is 5.48. The van der Waals surface area contributed by atoms with E-state index in [1.54, 1.807) is 36.4 Å². The summed E-state index contributed by atoms with van der Waals surface area (Å²) in [5, 5.41) is 22.1. The van der Waals surface area contributed by atoms with E-state index in [0.717, 1.165) is 12.1 Å². The Bertz CT molecular complexity index is 1470. The van der Waals surface area contributed by atoms with Gasteiger partial charge in [-0.05, 0) is 42.5 Å². The molecule has 0 saturated carbocycles. The van der Waals surface area contributed by atoms with E-state index in [9.17, 15) is 20.0 Å². The lowest BCUT2D eigenvalue weighted by molar-refractivity contribution is -0.384. The number of nitro benzene ring substituents is 1. The monoisotopic (exact) mass is 455 g/mol. The number of aromatic carboxylic acids is 1. The van der Waals surface area contributed by atoms with Crippen LogP contribution in [0.5, 0.6) is 0 Å². The fourth-order valence-electron chi connectivity index (χ4n) is 4.44. The van der Waals surface area contributed by atoms with Gasteiger partial charge in [0.05, 0.1) is 27.3 Å². The third-order valence-corrected chi connectivity index (χ3v) is 6.04. The van der Waals surface area contributed by atoms with Gasteiger partial charge in [-0.3, -0.25) is 15.0 Å². The fourth-order valence-corrected chi connectivity index (χ4v) is 4.44. The number of nitro groups is 1. The molecule has 1 aliphatic heterocycles. The van der Waals surface area contributed by atoms with Crippen LogP contribution in [0.3, 0.4) is 0 Å². The van der Waals surface area contributed by atoms with E-state index in [1.165, 1.54) is 6.07 Å². The second-order valence-corrected chi connectivity index (χ2v) is 8.09. The highest BCUT2D eigenvalue weighted by Crippen LogP contribution is 2.36. The van der Waals surface area contributed by atoms with Crippen molar-refractivity contribution in [3.8, 4) is 11.3 Å². The molecule has 0 fully saturated rings. The zero-order valence-corrected chi connectivity index (χ0v) is 18.4. The van der Waals surface area contributed by atoms with Crippen LogP contribution in [0.1, 0.15) is 34.3 Å². The number of likely N-dealkylation sites (N-methyl/N-ethyl adjacent to an activating group) is 1. The molecule has 8 nitrogen and oxygen atoms in total. The Kier molecular flexibility index (Phi) is 5.43. The number of carboxylic acids is 1. The Hall–Kier alpha value is -4.30. The minimum atomic E-state index is -0.983. The SMILES string of the molecule is CCN1C/C(=C/c2ccc(-c3ccccc3[N+](=O)[O-])o2)c2nc3ccccc3c(C(=O)O)c2C1. The number of carbonyl (C=O) groups is 1. The number of rotatable bonds is 5. The van der Waals surface area contributed by atoms with Gasteiger partial charge in [-0.1, -0.05) is 37.3 Å². The van der Waals surface area contributed by atoms with Gasteiger partial charge in [0.1, 0.15) is 11.5 Å². The molecule has 170 valence electrons. The highest BCUT2D eigenvalue weighted by molar-refractivity contribution is 6.05. The summed E-state index contributed by atoms with van der Waals surface area (Å²) < 4.78 is 5.97. The van der Waals surface area contributed by atoms with Gasteiger partial charge in [0, 0.05) is 30.1 Å². The van der Waals surface area contributed by atoms with Crippen LogP contribution in [0.4, 0.5) is 5.69 Å². The smallest absolute Gasteiger partial charge is 0.336 e. The van der Waals surface area contributed by atoms with Crippen molar-refractivity contribution >= 4 is 34.2 Å². The van der Waals surface area contributed by atoms with Gasteiger partial charge in [0.25, 0.3) is 5.69 Å². The molecule has 0 spiro atoms. The number of furan rings is 1. The molecule has 2 aromatic carbocycles. The van der Waals surface area contributed by atoms with Crippen LogP contribution in [0.2, 0.25) is 0 Å². The second-order valence-electron chi connectivity index (χ2n) is 8.09. The van der Waals surface area contributed by atoms with Crippen LogP contribution in [-0.2, 0) is 6.54 Å². The van der Waals surface area contributed by atoms with E-state index in [4.69, 9.17) is 9.40 Å². The van der Waals surface area contributed by atoms with E-state index in [0.29, 0.717) is 52.3 Å². The van der Waals surface area contributed by atoms with E-state index in [-0.39, 0.29) is 11.3 Å². The van der Waals surface area contributed by atoms with Crippen molar-refractivity contribution in [2.24, 2.45) is 0 Å². The van der Waals surface area contributed by atoms with Gasteiger partial charge in [-0.15, -0.1) is 0 Å². The summed E-state index contributed by atoms with van der Waals surface area (Å²) in [5.41, 5.74) is 3.41. The number of para-hydroxylation sites is 2. The molecule has 0 unspecified atom stereocenters. The molecular weight excluding hydrogens is 434 g/mol. The standard InChI is InChI=1S/C26H21N3O5/c1-2-28-14-16(13-17-11-12-23(34-17)19-8-4-6-10-22(19)29(32)33)25-20(15-28)24(26(30)31)18-7-3-5-9-21(18)27-25/h3-13H,2,14-15H2,1H3,(H,30,31)/b16-13-. The summed E-state index contributed by atoms with van der Waals surface area (Å²) in [6, 6.07) is 17.1. The van der Waals surface area contributed by atoms with Crippen molar-refractivity contribution < 1.29 is 19.2 Å². The first-order chi connectivity index (χ1) is 16.5. The molecule has 0 bridgehead atoms. The maximum absolute atomic E-state index is 12.3. The van der Waals surface area contributed by atoms with Crippen molar-refractivity contribution in [3.63, 3.8) is 0 Å². The zero-order chi connectivity index (χ0) is 23.8. The lowest BCUT2D eigenvalue weighted by atomic mass is 9.92. The van der Waals surface area contributed by atoms with Crippen LogP contribution in [0.25, 0.3) is 33.9 Å². The Morgan fingerprint density at radius 2 is 1.91 bits per heavy atom. The topological polar surface area (TPSA) is 110 Å². The largest absolute Gasteiger partial charge is 0.478 e. The summed E-state index contributed by atoms with van der Waals surface area (Å²) in [7, 11) is 0. The summed E-state index contributed by atoms with van der Waals surface area (Å²) in [6.07, 6.45) is 1.84. The van der Waals surface area contributed by atoms with Crippen molar-refractivity contribution in [1.82, 2.24) is 9.88 Å². The van der Waals surface area contributed by atoms with E-state index in [2.05, 4.69) is 4.90 Å². The summed E-state index contributed by atoms with van der Waals surface area (Å²) >= 11 is 0. The first-order valence-electron chi connectivity index (χ1n) is 10.9. The first-order valence-corrected chi connectivity index (χ1v) is 10.9. The molecule has 1 N–H and O–H groups in total. The van der Waals surface area contributed by atoms with Crippen LogP contribution in [-0.4, -0.2) is 39.0 Å². The minimum Gasteiger partial charge on any atom is -0.478 e. The third kappa shape index (κ3) is 3.74. The molecule has 1 aliphatic rings. The van der Waals surface area contributed by atoms with Gasteiger partial charge in [0.2, 0.25) is 0 Å². The van der Waals surface area contributed by atoms with Crippen LogP contribution >= 0.6 is 0 Å². The molecular formula is C26H21N3O5. The van der Waals surface area contributed by atoms with Crippen molar-refractivity contribution in [3.05, 3.63) is 93.4 Å². The Balaban J connectivity index is 1.65. The molecule has 0 atom stereocenters. The highest BCUT2D eigenvalue weighted by atomic mass is 16.6. The molecule has 0 aliphatic carbocycles. The number of aromatic nitrogens is 1. The van der Waals surface area contributed by atoms with Gasteiger partial charge >= 0.3 is 5.97 Å². The Labute approximate surface area is 194 Å². The fraction of sp³-hybridized carbons (Fsp3) is 0.154. The Morgan fingerprint density at radius 1 is 1.15 bits per heavy atom. The van der Waals surface area contributed by atoms with Crippen LogP contribution in [0.15, 0.2) is 65.1 Å². The van der Waals surface area contributed by atoms with Crippen molar-refractivity contribution in [2.75, 3.05) is 13.1 Å². The van der Waals surface area contributed by atoms with Crippen molar-refractivity contribution in [2.45, 2.75) is 13.5 Å². The molecule has 34 heavy (non-hydrogen) atoms. The van der Waals surface area contributed by atoms with E-state index in [1.807, 2.05) is 31.2 Å². The lowest BCUT2D eigenvalue weighted by Crippen LogP contribution is -2.31. The maximum Gasteiger partial charge on any atom is 0.336 e. The predicted molar refractivity (Wildman–Crippen MR) is 128 cm³/mol. The molecule has 2 aromatic heterocycles. The number of fused-ring (bicyclic) bond motifs is 2. The molecule has 8 heteroatoms. The molecule has 0 saturated heterocycles. The van der Waals surface area contributed by atoms with Crippen molar-refractivity contribution in [1.29, 1.82) is 0 Å². The maximum atomic E-state index is 12.3. The van der Waals surface area contributed by atoms with Crippen LogP contribution in [0, 0.1) is 10.1 Å². The zero-order valence-electron chi connectivity index (χ0n) is 18.4. The molecule has 0 amide bonds. The number of hydrogen-bond acceptors (Lipinski definition) is 6. The molecule has 5 rings (SSSR count). The minimum absolute atomic E-state index is 0.0320. The second kappa shape index (κ2) is 8.57. The molecule has 4 aromatic rings. The number of carboxylic acid groups (broad SMARTS) is 1. The van der Waals surface area contributed by atoms with Crippen LogP contribution < -0.4 is 0 Å². The third-order valence-electron chi connectivity index (χ3n) is 6.04. The quantitative estimate of drug-likeness (QED) is 0.313. The lowest BCUT2D eigenvalue weighted by Gasteiger charge is -2.30. The van der Waals surface area contributed by atoms with E-state index < -0.39 is 10.9 Å². The average molecular weight is 455 g/mol. The molecule has 3 heterocycles. The van der Waals surface area contributed by atoms with Gasteiger partial charge in [-0.2, -0.15) is 0 Å². The van der Waals surface area contributed by atoms with Gasteiger partial charge < -0.3 is 9.52 Å². The van der Waals surface area contributed by atoms with Gasteiger partial charge in [-0.25, -0.2) is 9.78 Å². The number of nitrogens with zero attached hydrogens (tertiary/aromatic N) is 3. The molecule has 0 radical (unpaired) electrons. The normalized spacial score (nSPS) is 14.9. The number of benzene rings is 2. The summed E-state index contributed by atoms with van der Waals surface area (Å²) in [5.74, 6) is -0.0806. The summed E-state index contributed by atoms with van der Waals surface area (Å²) in [4.78, 5) is 30.2. The summed E-state index contributed by atoms with van der Waals surface area (Å²) in [6.45, 7) is 3.83. The first kappa shape index (κ1) is 21.5. The Morgan fingerprint density at radius 3 is 2.68 bits per heavy atom. The number of hydrogen-bond donors (Lipinski definition) is 1. The van der Waals surface area contributed by atoms with Gasteiger partial charge in [0.15, 0.2) is 0 Å². The highest BCUT2D eigenvalue weighted by Gasteiger charge is 2.28. The van der Waals surface area contributed by atoms with E-state index >= 15 is 0 Å². The average Bonchev–Trinajstić information content (AvgIpc) is 3.30. The number of pyridine rings is 1.